The Labute approximate surface area is 306 Å². The summed E-state index contributed by atoms with van der Waals surface area (Å²) in [6.45, 7) is 5.80. The first kappa shape index (κ1) is 34.0. The van der Waals surface area contributed by atoms with Crippen molar-refractivity contribution in [3.63, 3.8) is 0 Å². The lowest BCUT2D eigenvalue weighted by molar-refractivity contribution is -0.134. The van der Waals surface area contributed by atoms with E-state index >= 15 is 0 Å². The number of hydrogen-bond acceptors (Lipinski definition) is 9. The Morgan fingerprint density at radius 3 is 2.25 bits per heavy atom. The minimum absolute atomic E-state index is 0.214. The highest BCUT2D eigenvalue weighted by Crippen LogP contribution is 2.36. The molecule has 270 valence electrons. The lowest BCUT2D eigenvalue weighted by Crippen LogP contribution is -2.53. The number of nitrogens with one attached hydrogen (secondary N) is 1. The number of benzene rings is 3. The molecule has 0 saturated carbocycles. The van der Waals surface area contributed by atoms with E-state index in [2.05, 4.69) is 61.5 Å². The van der Waals surface area contributed by atoms with Crippen molar-refractivity contribution in [2.24, 2.45) is 14.1 Å². The molecule has 14 heteroatoms. The van der Waals surface area contributed by atoms with Crippen LogP contribution in [-0.2, 0) is 23.7 Å². The monoisotopic (exact) mass is 723 g/mol. The predicted molar refractivity (Wildman–Crippen MR) is 201 cm³/mol. The summed E-state index contributed by atoms with van der Waals surface area (Å²) in [6, 6.07) is 21.0. The SMILES string of the molecule is COc1nn(C)c(=O)n1-c1ccc(Cl)c(-c2ccc(N3CCC(N4CCN(c5cccc6c(C7CCC(=O)NC7=O)nn(C)c56)CC4)CC3)cc2)c1. The number of fused-ring (bicyclic) bond motifs is 1. The third-order valence-electron chi connectivity index (χ3n) is 10.9. The summed E-state index contributed by atoms with van der Waals surface area (Å²) in [5.41, 5.74) is 6.25. The summed E-state index contributed by atoms with van der Waals surface area (Å²) >= 11 is 6.65. The highest BCUT2D eigenvalue weighted by Gasteiger charge is 2.33. The minimum Gasteiger partial charge on any atom is -0.467 e. The van der Waals surface area contributed by atoms with Crippen molar-refractivity contribution in [2.45, 2.75) is 37.6 Å². The fourth-order valence-corrected chi connectivity index (χ4v) is 8.38. The number of hydrogen-bond donors (Lipinski definition) is 1. The molecule has 2 aromatic heterocycles. The number of methoxy groups -OCH3 is 1. The molecule has 2 amide bonds. The number of anilines is 2. The maximum absolute atomic E-state index is 12.7. The van der Waals surface area contributed by atoms with Gasteiger partial charge < -0.3 is 14.5 Å². The third-order valence-corrected chi connectivity index (χ3v) is 11.2. The van der Waals surface area contributed by atoms with Gasteiger partial charge in [0, 0.05) is 87.5 Å². The fraction of sp³-hybridized carbons (Fsp3) is 0.395. The largest absolute Gasteiger partial charge is 0.467 e. The van der Waals surface area contributed by atoms with Crippen LogP contribution in [0.5, 0.6) is 6.01 Å². The molecule has 1 unspecified atom stereocenters. The van der Waals surface area contributed by atoms with E-state index in [0.717, 1.165) is 85.5 Å². The summed E-state index contributed by atoms with van der Waals surface area (Å²) in [7, 11) is 5.03. The van der Waals surface area contributed by atoms with Crippen molar-refractivity contribution in [3.05, 3.63) is 81.9 Å². The molecule has 5 heterocycles. The molecule has 8 rings (SSSR count). The maximum atomic E-state index is 12.7. The van der Waals surface area contributed by atoms with Crippen LogP contribution in [0.4, 0.5) is 11.4 Å². The van der Waals surface area contributed by atoms with Crippen LogP contribution in [-0.4, -0.2) is 93.3 Å². The second kappa shape index (κ2) is 13.8. The first-order valence-corrected chi connectivity index (χ1v) is 18.2. The molecule has 0 radical (unpaired) electrons. The number of carbonyl (C=O) groups excluding carboxylic acids is 2. The van der Waals surface area contributed by atoms with Crippen LogP contribution in [0.1, 0.15) is 37.3 Å². The average molecular weight is 724 g/mol. The molecule has 3 saturated heterocycles. The van der Waals surface area contributed by atoms with Crippen molar-refractivity contribution in [1.29, 1.82) is 0 Å². The number of piperidine rings is 2. The number of piperazine rings is 1. The Morgan fingerprint density at radius 2 is 1.54 bits per heavy atom. The van der Waals surface area contributed by atoms with Gasteiger partial charge in [-0.05, 0) is 61.2 Å². The molecule has 3 fully saturated rings. The van der Waals surface area contributed by atoms with Crippen molar-refractivity contribution in [1.82, 2.24) is 34.3 Å². The molecule has 52 heavy (non-hydrogen) atoms. The van der Waals surface area contributed by atoms with Gasteiger partial charge in [0.1, 0.15) is 0 Å². The van der Waals surface area contributed by atoms with Crippen LogP contribution < -0.4 is 25.5 Å². The first-order valence-electron chi connectivity index (χ1n) is 17.8. The molecule has 13 nitrogen and oxygen atoms in total. The molecule has 1 N–H and O–H groups in total. The highest BCUT2D eigenvalue weighted by atomic mass is 35.5. The first-order chi connectivity index (χ1) is 25.2. The summed E-state index contributed by atoms with van der Waals surface area (Å²) in [4.78, 5) is 44.7. The molecular weight excluding hydrogens is 682 g/mol. The minimum atomic E-state index is -0.413. The van der Waals surface area contributed by atoms with E-state index in [9.17, 15) is 14.4 Å². The number of ether oxygens (including phenoxy) is 1. The number of rotatable bonds is 7. The highest BCUT2D eigenvalue weighted by molar-refractivity contribution is 6.33. The van der Waals surface area contributed by atoms with Gasteiger partial charge in [-0.2, -0.15) is 5.10 Å². The number of para-hydroxylation sites is 1. The van der Waals surface area contributed by atoms with E-state index in [-0.39, 0.29) is 23.5 Å². The molecule has 0 spiro atoms. The van der Waals surface area contributed by atoms with Gasteiger partial charge >= 0.3 is 11.7 Å². The van der Waals surface area contributed by atoms with E-state index in [0.29, 0.717) is 29.6 Å². The van der Waals surface area contributed by atoms with E-state index in [4.69, 9.17) is 21.4 Å². The molecular formula is C38H42ClN9O4. The maximum Gasteiger partial charge on any atom is 0.353 e. The van der Waals surface area contributed by atoms with Gasteiger partial charge in [-0.1, -0.05) is 35.9 Å². The molecule has 3 aliphatic heterocycles. The third kappa shape index (κ3) is 6.11. The van der Waals surface area contributed by atoms with Crippen LogP contribution >= 0.6 is 11.6 Å². The van der Waals surface area contributed by atoms with Crippen LogP contribution in [0.2, 0.25) is 5.02 Å². The number of imide groups is 1. The summed E-state index contributed by atoms with van der Waals surface area (Å²) in [6.07, 6.45) is 3.02. The zero-order chi connectivity index (χ0) is 36.1. The van der Waals surface area contributed by atoms with E-state index in [1.807, 2.05) is 23.9 Å². The van der Waals surface area contributed by atoms with Gasteiger partial charge in [0.2, 0.25) is 11.8 Å². The van der Waals surface area contributed by atoms with E-state index < -0.39 is 5.92 Å². The Hall–Kier alpha value is -5.14. The van der Waals surface area contributed by atoms with Crippen LogP contribution in [0, 0.1) is 0 Å². The van der Waals surface area contributed by atoms with Gasteiger partial charge in [0.25, 0.3) is 0 Å². The molecule has 5 aromatic rings. The van der Waals surface area contributed by atoms with Crippen LogP contribution in [0.25, 0.3) is 27.7 Å². The lowest BCUT2D eigenvalue weighted by atomic mass is 9.92. The second-order valence-electron chi connectivity index (χ2n) is 13.9. The Kier molecular flexibility index (Phi) is 9.00. The standard InChI is InChI=1S/C38H42ClN9O4/c1-43-35-28(34(41-43)29-12-14-33(49)40-36(29)50)5-4-6-32(35)47-21-19-46(20-22-47)26-15-17-45(18-16-26)25-9-7-24(8-10-25)30-23-27(11-13-31(30)39)48-37(52-3)42-44(2)38(48)51/h4-11,13,23,26,29H,12,14-22H2,1-3H3,(H,40,49,50). The topological polar surface area (TPSA) is 123 Å². The van der Waals surface area contributed by atoms with E-state index in [1.165, 1.54) is 22.0 Å². The second-order valence-corrected chi connectivity index (χ2v) is 14.3. The number of carbonyl (C=O) groups is 2. The number of aryl methyl sites for hydroxylation is 2. The Balaban J connectivity index is 0.896. The summed E-state index contributed by atoms with van der Waals surface area (Å²) in [5.74, 6) is -0.883. The van der Waals surface area contributed by atoms with Gasteiger partial charge in [-0.25, -0.2) is 14.0 Å². The molecule has 0 aliphatic carbocycles. The summed E-state index contributed by atoms with van der Waals surface area (Å²) in [5, 5.41) is 13.0. The van der Waals surface area contributed by atoms with Gasteiger partial charge in [0.05, 0.1) is 35.6 Å². The van der Waals surface area contributed by atoms with Crippen molar-refractivity contribution in [3.8, 4) is 22.8 Å². The number of nitrogens with zero attached hydrogens (tertiary/aromatic N) is 8. The molecule has 0 bridgehead atoms. The van der Waals surface area contributed by atoms with Crippen LogP contribution in [0.3, 0.4) is 0 Å². The number of aromatic nitrogens is 5. The van der Waals surface area contributed by atoms with Crippen molar-refractivity contribution < 1.29 is 14.3 Å². The normalized spacial score (nSPS) is 19.0. The van der Waals surface area contributed by atoms with Crippen molar-refractivity contribution in [2.75, 3.05) is 56.2 Å². The quantitative estimate of drug-likeness (QED) is 0.248. The average Bonchev–Trinajstić information content (AvgIpc) is 3.66. The zero-order valence-corrected chi connectivity index (χ0v) is 30.3. The van der Waals surface area contributed by atoms with Gasteiger partial charge in [-0.3, -0.25) is 24.5 Å². The molecule has 1 atom stereocenters. The van der Waals surface area contributed by atoms with Crippen LogP contribution in [0.15, 0.2) is 65.5 Å². The fourth-order valence-electron chi connectivity index (χ4n) is 8.15. The van der Waals surface area contributed by atoms with Gasteiger partial charge in [-0.15, -0.1) is 5.10 Å². The zero-order valence-electron chi connectivity index (χ0n) is 29.6. The smallest absolute Gasteiger partial charge is 0.353 e. The molecule has 3 aliphatic rings. The molecule has 3 aromatic carbocycles. The Bertz CT molecular complexity index is 2210. The lowest BCUT2D eigenvalue weighted by Gasteiger charge is -2.44. The number of amides is 2. The van der Waals surface area contributed by atoms with E-state index in [1.54, 1.807) is 19.2 Å². The predicted octanol–water partition coefficient (Wildman–Crippen LogP) is 4.10. The number of halogens is 1. The Morgan fingerprint density at radius 1 is 0.808 bits per heavy atom. The summed E-state index contributed by atoms with van der Waals surface area (Å²) < 4.78 is 9.91. The van der Waals surface area contributed by atoms with Crippen molar-refractivity contribution >= 4 is 45.7 Å². The van der Waals surface area contributed by atoms with Gasteiger partial charge in [0.15, 0.2) is 0 Å².